The minimum atomic E-state index is -0.0937. The highest BCUT2D eigenvalue weighted by Crippen LogP contribution is 2.44. The van der Waals surface area contributed by atoms with Crippen molar-refractivity contribution in [3.8, 4) is 0 Å². The fraction of sp³-hybridized carbons (Fsp3) is 0.625. The molecular weight excluding hydrogens is 241 g/mol. The molecule has 3 aliphatic rings. The predicted octanol–water partition coefficient (Wildman–Crippen LogP) is 2.93. The summed E-state index contributed by atoms with van der Waals surface area (Å²) in [6.45, 7) is 4.12. The molecule has 2 unspecified atom stereocenters. The average Bonchev–Trinajstić information content (AvgIpc) is 3.11. The Bertz CT molecular complexity index is 496. The van der Waals surface area contributed by atoms with Gasteiger partial charge in [0.2, 0.25) is 0 Å². The van der Waals surface area contributed by atoms with Gasteiger partial charge in [0.15, 0.2) is 0 Å². The molecule has 0 saturated carbocycles. The van der Waals surface area contributed by atoms with Crippen LogP contribution in [0.2, 0.25) is 0 Å². The third-order valence-corrected chi connectivity index (χ3v) is 5.25. The molecule has 2 saturated heterocycles. The van der Waals surface area contributed by atoms with Crippen molar-refractivity contribution in [2.75, 3.05) is 26.3 Å². The van der Waals surface area contributed by atoms with Crippen LogP contribution in [0.3, 0.4) is 0 Å². The second-order valence-corrected chi connectivity index (χ2v) is 6.42. The summed E-state index contributed by atoms with van der Waals surface area (Å²) in [6, 6.07) is 5.75. The Morgan fingerprint density at radius 2 is 2.26 bits per heavy atom. The summed E-state index contributed by atoms with van der Waals surface area (Å²) in [5, 5.41) is 0. The second kappa shape index (κ2) is 4.29. The first kappa shape index (κ1) is 11.9. The Hall–Kier alpha value is -0.930. The molecular formula is C16H20FNO. The number of ether oxygens (including phenoxy) is 1. The molecule has 2 nitrogen and oxygen atoms in total. The number of halogens is 1. The molecule has 19 heavy (non-hydrogen) atoms. The van der Waals surface area contributed by atoms with E-state index in [2.05, 4.69) is 4.90 Å². The van der Waals surface area contributed by atoms with E-state index < -0.39 is 0 Å². The molecule has 2 heterocycles. The number of nitrogens with zero attached hydrogens (tertiary/aromatic N) is 1. The molecule has 2 aliphatic heterocycles. The number of benzene rings is 1. The first-order chi connectivity index (χ1) is 9.26. The molecule has 1 aliphatic carbocycles. The van der Waals surface area contributed by atoms with E-state index in [1.165, 1.54) is 24.0 Å². The molecule has 1 aromatic carbocycles. The lowest BCUT2D eigenvalue weighted by atomic mass is 9.87. The van der Waals surface area contributed by atoms with Crippen LogP contribution in [0, 0.1) is 11.2 Å². The number of rotatable bonds is 1. The van der Waals surface area contributed by atoms with Gasteiger partial charge in [-0.25, -0.2) is 4.39 Å². The summed E-state index contributed by atoms with van der Waals surface area (Å²) in [5.41, 5.74) is 2.97. The van der Waals surface area contributed by atoms with E-state index in [0.717, 1.165) is 39.1 Å². The van der Waals surface area contributed by atoms with E-state index in [1.807, 2.05) is 6.07 Å². The molecule has 0 radical (unpaired) electrons. The zero-order valence-electron chi connectivity index (χ0n) is 11.2. The van der Waals surface area contributed by atoms with E-state index in [9.17, 15) is 4.39 Å². The van der Waals surface area contributed by atoms with Crippen molar-refractivity contribution < 1.29 is 9.13 Å². The van der Waals surface area contributed by atoms with Crippen LogP contribution in [0.1, 0.15) is 36.4 Å². The normalized spacial score (nSPS) is 34.3. The van der Waals surface area contributed by atoms with Crippen molar-refractivity contribution in [3.63, 3.8) is 0 Å². The maximum absolute atomic E-state index is 13.5. The molecule has 1 spiro atoms. The summed E-state index contributed by atoms with van der Waals surface area (Å²) in [6.07, 6.45) is 4.69. The van der Waals surface area contributed by atoms with Gasteiger partial charge in [0.05, 0.1) is 6.61 Å². The molecule has 102 valence electrons. The molecule has 0 bridgehead atoms. The maximum atomic E-state index is 13.5. The van der Waals surface area contributed by atoms with Crippen LogP contribution in [-0.2, 0) is 11.2 Å². The molecule has 0 aromatic heterocycles. The third-order valence-electron chi connectivity index (χ3n) is 5.25. The van der Waals surface area contributed by atoms with Gasteiger partial charge in [-0.3, -0.25) is 4.90 Å². The topological polar surface area (TPSA) is 12.5 Å². The van der Waals surface area contributed by atoms with Crippen LogP contribution in [0.5, 0.6) is 0 Å². The van der Waals surface area contributed by atoms with Crippen molar-refractivity contribution >= 4 is 0 Å². The molecule has 1 aromatic rings. The smallest absolute Gasteiger partial charge is 0.123 e. The zero-order valence-corrected chi connectivity index (χ0v) is 11.2. The Morgan fingerprint density at radius 1 is 1.32 bits per heavy atom. The number of hydrogen-bond acceptors (Lipinski definition) is 2. The van der Waals surface area contributed by atoms with E-state index in [1.54, 1.807) is 12.1 Å². The molecule has 3 heteroatoms. The SMILES string of the molecule is Fc1ccc2c(c1)C(N1CCC3(CCOC3)C1)CC2. The third kappa shape index (κ3) is 1.91. The van der Waals surface area contributed by atoms with Gasteiger partial charge in [-0.2, -0.15) is 0 Å². The lowest BCUT2D eigenvalue weighted by molar-refractivity contribution is 0.144. The van der Waals surface area contributed by atoms with Crippen LogP contribution in [0.25, 0.3) is 0 Å². The van der Waals surface area contributed by atoms with E-state index in [0.29, 0.717) is 11.5 Å². The van der Waals surface area contributed by atoms with Gasteiger partial charge in [-0.05, 0) is 55.5 Å². The van der Waals surface area contributed by atoms with E-state index in [-0.39, 0.29) is 5.82 Å². The largest absolute Gasteiger partial charge is 0.381 e. The highest BCUT2D eigenvalue weighted by Gasteiger charge is 2.44. The van der Waals surface area contributed by atoms with Gasteiger partial charge in [0.1, 0.15) is 5.82 Å². The fourth-order valence-corrected chi connectivity index (χ4v) is 4.14. The van der Waals surface area contributed by atoms with Crippen LogP contribution < -0.4 is 0 Å². The maximum Gasteiger partial charge on any atom is 0.123 e. The Kier molecular flexibility index (Phi) is 2.68. The van der Waals surface area contributed by atoms with Gasteiger partial charge in [-0.1, -0.05) is 6.07 Å². The van der Waals surface area contributed by atoms with Gasteiger partial charge in [0, 0.05) is 24.6 Å². The summed E-state index contributed by atoms with van der Waals surface area (Å²) in [7, 11) is 0. The number of likely N-dealkylation sites (tertiary alicyclic amines) is 1. The van der Waals surface area contributed by atoms with Crippen LogP contribution in [-0.4, -0.2) is 31.2 Å². The lowest BCUT2D eigenvalue weighted by Gasteiger charge is -2.27. The predicted molar refractivity (Wildman–Crippen MR) is 71.5 cm³/mol. The highest BCUT2D eigenvalue weighted by atomic mass is 19.1. The van der Waals surface area contributed by atoms with Crippen LogP contribution in [0.15, 0.2) is 18.2 Å². The van der Waals surface area contributed by atoms with Gasteiger partial charge < -0.3 is 4.74 Å². The van der Waals surface area contributed by atoms with Crippen molar-refractivity contribution in [2.45, 2.75) is 31.7 Å². The van der Waals surface area contributed by atoms with Crippen LogP contribution in [0.4, 0.5) is 4.39 Å². The average molecular weight is 261 g/mol. The summed E-state index contributed by atoms with van der Waals surface area (Å²) in [5.74, 6) is -0.0937. The van der Waals surface area contributed by atoms with Gasteiger partial charge in [0.25, 0.3) is 0 Å². The molecule has 4 rings (SSSR count). The van der Waals surface area contributed by atoms with Crippen molar-refractivity contribution in [3.05, 3.63) is 35.1 Å². The Morgan fingerprint density at radius 3 is 3.11 bits per heavy atom. The Balaban J connectivity index is 1.58. The monoisotopic (exact) mass is 261 g/mol. The first-order valence-corrected chi connectivity index (χ1v) is 7.36. The minimum Gasteiger partial charge on any atom is -0.381 e. The van der Waals surface area contributed by atoms with Crippen molar-refractivity contribution in [1.82, 2.24) is 4.90 Å². The standard InChI is InChI=1S/C16H20FNO/c17-13-3-1-12-2-4-15(14(12)9-13)18-7-5-16(10-18)6-8-19-11-16/h1,3,9,15H,2,4-8,10-11H2. The fourth-order valence-electron chi connectivity index (χ4n) is 4.14. The number of aryl methyl sites for hydroxylation is 1. The van der Waals surface area contributed by atoms with Gasteiger partial charge >= 0.3 is 0 Å². The highest BCUT2D eigenvalue weighted by molar-refractivity contribution is 5.35. The number of fused-ring (bicyclic) bond motifs is 1. The van der Waals surface area contributed by atoms with Gasteiger partial charge in [-0.15, -0.1) is 0 Å². The Labute approximate surface area is 113 Å². The molecule has 0 amide bonds. The summed E-state index contributed by atoms with van der Waals surface area (Å²) in [4.78, 5) is 2.57. The zero-order chi connectivity index (χ0) is 12.9. The van der Waals surface area contributed by atoms with Crippen LogP contribution >= 0.6 is 0 Å². The first-order valence-electron chi connectivity index (χ1n) is 7.36. The van der Waals surface area contributed by atoms with Crippen molar-refractivity contribution in [2.24, 2.45) is 5.41 Å². The van der Waals surface area contributed by atoms with E-state index in [4.69, 9.17) is 4.74 Å². The summed E-state index contributed by atoms with van der Waals surface area (Å²) >= 11 is 0. The molecule has 2 atom stereocenters. The summed E-state index contributed by atoms with van der Waals surface area (Å²) < 4.78 is 19.1. The lowest BCUT2D eigenvalue weighted by Crippen LogP contribution is -2.30. The quantitative estimate of drug-likeness (QED) is 0.770. The van der Waals surface area contributed by atoms with E-state index >= 15 is 0 Å². The number of hydrogen-bond donors (Lipinski definition) is 0. The molecule has 2 fully saturated rings. The second-order valence-electron chi connectivity index (χ2n) is 6.42. The minimum absolute atomic E-state index is 0.0937. The van der Waals surface area contributed by atoms with Crippen molar-refractivity contribution in [1.29, 1.82) is 0 Å². The molecule has 0 N–H and O–H groups in total.